The minimum Gasteiger partial charge on any atom is -0.467 e. The molecule has 116 valence electrons. The van der Waals surface area contributed by atoms with E-state index in [0.29, 0.717) is 17.3 Å². The Bertz CT molecular complexity index is 623. The van der Waals surface area contributed by atoms with Crippen molar-refractivity contribution in [2.24, 2.45) is 0 Å². The summed E-state index contributed by atoms with van der Waals surface area (Å²) < 4.78 is 5.15. The zero-order chi connectivity index (χ0) is 15.9. The van der Waals surface area contributed by atoms with Gasteiger partial charge in [0.2, 0.25) is 11.8 Å². The number of amides is 2. The lowest BCUT2D eigenvalue weighted by Crippen LogP contribution is -2.32. The Morgan fingerprint density at radius 2 is 1.95 bits per heavy atom. The third-order valence-corrected chi connectivity index (χ3v) is 3.33. The monoisotopic (exact) mass is 320 g/mol. The third kappa shape index (κ3) is 4.93. The van der Waals surface area contributed by atoms with Gasteiger partial charge in [0.05, 0.1) is 25.3 Å². The van der Waals surface area contributed by atoms with Gasteiger partial charge in [0.1, 0.15) is 5.76 Å². The van der Waals surface area contributed by atoms with Crippen LogP contribution in [0.1, 0.15) is 30.7 Å². The predicted octanol–water partition coefficient (Wildman–Crippen LogP) is 2.82. The number of hydrogen-bond acceptors (Lipinski definition) is 3. The summed E-state index contributed by atoms with van der Waals surface area (Å²) >= 11 is 5.86. The number of nitrogens with one attached hydrogen (secondary N) is 2. The molecule has 1 aromatic heterocycles. The van der Waals surface area contributed by atoms with Crippen LogP contribution in [0.2, 0.25) is 5.02 Å². The maximum Gasteiger partial charge on any atom is 0.222 e. The molecule has 0 spiro atoms. The van der Waals surface area contributed by atoms with Gasteiger partial charge >= 0.3 is 0 Å². The van der Waals surface area contributed by atoms with Crippen LogP contribution < -0.4 is 10.6 Å². The first-order chi connectivity index (χ1) is 10.5. The minimum atomic E-state index is -0.397. The second-order valence-corrected chi connectivity index (χ2v) is 5.30. The zero-order valence-corrected chi connectivity index (χ0v) is 12.9. The smallest absolute Gasteiger partial charge is 0.222 e. The van der Waals surface area contributed by atoms with Gasteiger partial charge in [0.25, 0.3) is 0 Å². The largest absolute Gasteiger partial charge is 0.467 e. The maximum absolute atomic E-state index is 12.0. The Balaban J connectivity index is 1.98. The van der Waals surface area contributed by atoms with E-state index >= 15 is 0 Å². The Morgan fingerprint density at radius 1 is 1.23 bits per heavy atom. The average Bonchev–Trinajstić information content (AvgIpc) is 2.98. The molecule has 1 heterocycles. The van der Waals surface area contributed by atoms with E-state index in [4.69, 9.17) is 16.0 Å². The lowest BCUT2D eigenvalue weighted by molar-refractivity contribution is -0.123. The van der Waals surface area contributed by atoms with E-state index in [9.17, 15) is 9.59 Å². The maximum atomic E-state index is 12.0. The van der Waals surface area contributed by atoms with E-state index < -0.39 is 6.04 Å². The minimum absolute atomic E-state index is 0.141. The molecule has 0 aliphatic heterocycles. The van der Waals surface area contributed by atoms with Crippen LogP contribution in [0.4, 0.5) is 0 Å². The summed E-state index contributed by atoms with van der Waals surface area (Å²) in [5, 5.41) is 6.14. The van der Waals surface area contributed by atoms with Gasteiger partial charge in [-0.2, -0.15) is 0 Å². The van der Waals surface area contributed by atoms with Crippen LogP contribution in [0.5, 0.6) is 0 Å². The van der Waals surface area contributed by atoms with E-state index in [1.165, 1.54) is 6.92 Å². The second-order valence-electron chi connectivity index (χ2n) is 4.86. The fourth-order valence-electron chi connectivity index (χ4n) is 2.05. The summed E-state index contributed by atoms with van der Waals surface area (Å²) in [5.41, 5.74) is 0.827. The summed E-state index contributed by atoms with van der Waals surface area (Å²) in [6.45, 7) is 1.74. The highest BCUT2D eigenvalue weighted by molar-refractivity contribution is 6.30. The molecule has 2 amide bonds. The first kappa shape index (κ1) is 16.1. The average molecular weight is 321 g/mol. The molecule has 0 saturated heterocycles. The van der Waals surface area contributed by atoms with Crippen LogP contribution in [0.15, 0.2) is 47.1 Å². The SMILES string of the molecule is CC(=O)NC(CC(=O)NCc1ccco1)c1ccc(Cl)cc1. The quantitative estimate of drug-likeness (QED) is 0.859. The highest BCUT2D eigenvalue weighted by atomic mass is 35.5. The number of rotatable bonds is 6. The standard InChI is InChI=1S/C16H17ClN2O3/c1-11(20)19-15(12-4-6-13(17)7-5-12)9-16(21)18-10-14-3-2-8-22-14/h2-8,15H,9-10H2,1H3,(H,18,21)(H,19,20). The van der Waals surface area contributed by atoms with E-state index in [2.05, 4.69) is 10.6 Å². The van der Waals surface area contributed by atoms with Crippen LogP contribution in [-0.4, -0.2) is 11.8 Å². The lowest BCUT2D eigenvalue weighted by Gasteiger charge is -2.18. The highest BCUT2D eigenvalue weighted by Crippen LogP contribution is 2.19. The van der Waals surface area contributed by atoms with Crippen LogP contribution in [0, 0.1) is 0 Å². The zero-order valence-electron chi connectivity index (χ0n) is 12.1. The molecular weight excluding hydrogens is 304 g/mol. The van der Waals surface area contributed by atoms with Crippen molar-refractivity contribution in [1.29, 1.82) is 0 Å². The van der Waals surface area contributed by atoms with Gasteiger partial charge < -0.3 is 15.1 Å². The number of benzene rings is 1. The van der Waals surface area contributed by atoms with Gasteiger partial charge in [-0.1, -0.05) is 23.7 Å². The van der Waals surface area contributed by atoms with E-state index in [1.807, 2.05) is 0 Å². The normalized spacial score (nSPS) is 11.7. The van der Waals surface area contributed by atoms with Crippen LogP contribution in [-0.2, 0) is 16.1 Å². The van der Waals surface area contributed by atoms with Gasteiger partial charge in [-0.3, -0.25) is 9.59 Å². The Kier molecular flexibility index (Phi) is 5.61. The van der Waals surface area contributed by atoms with Crippen molar-refractivity contribution in [2.45, 2.75) is 25.9 Å². The van der Waals surface area contributed by atoms with Gasteiger partial charge in [0, 0.05) is 11.9 Å². The molecule has 2 N–H and O–H groups in total. The van der Waals surface area contributed by atoms with Crippen molar-refractivity contribution < 1.29 is 14.0 Å². The van der Waals surface area contributed by atoms with Crippen molar-refractivity contribution in [1.82, 2.24) is 10.6 Å². The van der Waals surface area contributed by atoms with Gasteiger partial charge in [-0.15, -0.1) is 0 Å². The number of hydrogen-bond donors (Lipinski definition) is 2. The van der Waals surface area contributed by atoms with Crippen molar-refractivity contribution in [2.75, 3.05) is 0 Å². The Hall–Kier alpha value is -2.27. The molecule has 1 aromatic carbocycles. The first-order valence-electron chi connectivity index (χ1n) is 6.86. The molecule has 2 rings (SSSR count). The molecule has 0 aliphatic carbocycles. The lowest BCUT2D eigenvalue weighted by atomic mass is 10.0. The molecule has 0 fully saturated rings. The van der Waals surface area contributed by atoms with Crippen molar-refractivity contribution in [3.05, 3.63) is 59.0 Å². The molecule has 5 nitrogen and oxygen atoms in total. The molecule has 1 atom stereocenters. The van der Waals surface area contributed by atoms with Crippen molar-refractivity contribution in [3.8, 4) is 0 Å². The number of carbonyl (C=O) groups is 2. The van der Waals surface area contributed by atoms with Crippen molar-refractivity contribution >= 4 is 23.4 Å². The molecule has 0 radical (unpaired) electrons. The second kappa shape index (κ2) is 7.66. The van der Waals surface area contributed by atoms with Crippen LogP contribution in [0.3, 0.4) is 0 Å². The summed E-state index contributed by atoms with van der Waals surface area (Å²) in [4.78, 5) is 23.4. The molecule has 1 unspecified atom stereocenters. The van der Waals surface area contributed by atoms with Gasteiger partial charge in [0.15, 0.2) is 0 Å². The van der Waals surface area contributed by atoms with Crippen molar-refractivity contribution in [3.63, 3.8) is 0 Å². The van der Waals surface area contributed by atoms with E-state index in [1.54, 1.807) is 42.7 Å². The molecule has 2 aromatic rings. The summed E-state index contributed by atoms with van der Waals surface area (Å²) in [7, 11) is 0. The molecule has 0 aliphatic rings. The first-order valence-corrected chi connectivity index (χ1v) is 7.24. The molecule has 0 bridgehead atoms. The van der Waals surface area contributed by atoms with E-state index in [0.717, 1.165) is 5.56 Å². The fraction of sp³-hybridized carbons (Fsp3) is 0.250. The number of carbonyl (C=O) groups excluding carboxylic acids is 2. The van der Waals surface area contributed by atoms with Gasteiger partial charge in [-0.05, 0) is 29.8 Å². The predicted molar refractivity (Wildman–Crippen MR) is 83.2 cm³/mol. The molecular formula is C16H17ClN2O3. The summed E-state index contributed by atoms with van der Waals surface area (Å²) in [6, 6.07) is 10.2. The highest BCUT2D eigenvalue weighted by Gasteiger charge is 2.17. The summed E-state index contributed by atoms with van der Waals surface area (Å²) in [6.07, 6.45) is 1.69. The Labute approximate surface area is 133 Å². The molecule has 0 saturated carbocycles. The fourth-order valence-corrected chi connectivity index (χ4v) is 2.18. The summed E-state index contributed by atoms with van der Waals surface area (Å²) in [5.74, 6) is 0.305. The third-order valence-electron chi connectivity index (χ3n) is 3.08. The van der Waals surface area contributed by atoms with Crippen LogP contribution >= 0.6 is 11.6 Å². The van der Waals surface area contributed by atoms with E-state index in [-0.39, 0.29) is 18.2 Å². The van der Waals surface area contributed by atoms with Gasteiger partial charge in [-0.25, -0.2) is 0 Å². The molecule has 6 heteroatoms. The number of halogens is 1. The number of furan rings is 1. The topological polar surface area (TPSA) is 71.3 Å². The van der Waals surface area contributed by atoms with Crippen LogP contribution in [0.25, 0.3) is 0 Å². The Morgan fingerprint density at radius 3 is 2.55 bits per heavy atom. The molecule has 22 heavy (non-hydrogen) atoms.